The van der Waals surface area contributed by atoms with Crippen LogP contribution >= 0.6 is 0 Å². The number of hydrogen-bond donors (Lipinski definition) is 1. The minimum atomic E-state index is -0.455. The minimum absolute atomic E-state index is 0.455. The summed E-state index contributed by atoms with van der Waals surface area (Å²) >= 11 is 0. The molecule has 1 aliphatic rings. The lowest BCUT2D eigenvalue weighted by molar-refractivity contribution is 0.0145. The molecule has 0 unspecified atom stereocenters. The maximum atomic E-state index is 10.4. The Kier molecular flexibility index (Phi) is 4.07. The second-order valence-electron chi connectivity index (χ2n) is 5.73. The van der Waals surface area contributed by atoms with E-state index >= 15 is 0 Å². The molecule has 0 radical (unpaired) electrons. The molecule has 1 aromatic rings. The third kappa shape index (κ3) is 3.12. The van der Waals surface area contributed by atoms with Crippen LogP contribution in [0.2, 0.25) is 0 Å². The summed E-state index contributed by atoms with van der Waals surface area (Å²) < 4.78 is 1.88. The maximum Gasteiger partial charge on any atom is 0.0774 e. The zero-order valence-electron chi connectivity index (χ0n) is 11.8. The van der Waals surface area contributed by atoms with Gasteiger partial charge in [0.25, 0.3) is 0 Å². The number of nitrogens with zero attached hydrogens (tertiary/aromatic N) is 3. The third-order valence-corrected chi connectivity index (χ3v) is 3.87. The summed E-state index contributed by atoms with van der Waals surface area (Å²) in [7, 11) is 4.05. The van der Waals surface area contributed by atoms with Crippen molar-refractivity contribution in [2.45, 2.75) is 51.2 Å². The van der Waals surface area contributed by atoms with E-state index in [-0.39, 0.29) is 0 Å². The van der Waals surface area contributed by atoms with E-state index in [0.717, 1.165) is 45.2 Å². The molecule has 0 spiro atoms. The number of aryl methyl sites for hydroxylation is 2. The number of hydrogen-bond acceptors (Lipinski definition) is 3. The summed E-state index contributed by atoms with van der Waals surface area (Å²) in [5, 5.41) is 14.9. The smallest absolute Gasteiger partial charge is 0.0774 e. The first-order valence-electron chi connectivity index (χ1n) is 6.95. The van der Waals surface area contributed by atoms with E-state index in [0.29, 0.717) is 0 Å². The predicted octanol–water partition coefficient (Wildman–Crippen LogP) is 1.72. The van der Waals surface area contributed by atoms with Gasteiger partial charge in [-0.15, -0.1) is 0 Å². The van der Waals surface area contributed by atoms with Gasteiger partial charge in [-0.05, 0) is 26.3 Å². The van der Waals surface area contributed by atoms with Crippen molar-refractivity contribution < 1.29 is 5.11 Å². The number of likely N-dealkylation sites (N-methyl/N-ethyl adjacent to an activating group) is 1. The summed E-state index contributed by atoms with van der Waals surface area (Å²) in [5.74, 6) is 0. The molecule has 1 aliphatic carbocycles. The first kappa shape index (κ1) is 13.6. The van der Waals surface area contributed by atoms with Crippen LogP contribution in [0.25, 0.3) is 0 Å². The average Bonchev–Trinajstić information content (AvgIpc) is 2.85. The van der Waals surface area contributed by atoms with Gasteiger partial charge in [0.2, 0.25) is 0 Å². The third-order valence-electron chi connectivity index (χ3n) is 3.87. The first-order valence-corrected chi connectivity index (χ1v) is 6.95. The lowest BCUT2D eigenvalue weighted by atomic mass is 10.0. The summed E-state index contributed by atoms with van der Waals surface area (Å²) in [4.78, 5) is 2.22. The van der Waals surface area contributed by atoms with Crippen LogP contribution in [0.4, 0.5) is 0 Å². The van der Waals surface area contributed by atoms with E-state index in [2.05, 4.69) is 30.2 Å². The Bertz CT molecular complexity index is 394. The van der Waals surface area contributed by atoms with Crippen LogP contribution in [-0.4, -0.2) is 39.0 Å². The van der Waals surface area contributed by atoms with Crippen molar-refractivity contribution >= 4 is 0 Å². The highest BCUT2D eigenvalue weighted by molar-refractivity contribution is 5.16. The van der Waals surface area contributed by atoms with Crippen molar-refractivity contribution in [3.05, 3.63) is 17.5 Å². The largest absolute Gasteiger partial charge is 0.389 e. The Balaban J connectivity index is 1.95. The molecule has 1 saturated carbocycles. The molecular weight excluding hydrogens is 226 g/mol. The van der Waals surface area contributed by atoms with E-state index in [1.807, 2.05) is 11.7 Å². The number of aromatic nitrogens is 2. The Morgan fingerprint density at radius 2 is 2.11 bits per heavy atom. The van der Waals surface area contributed by atoms with Gasteiger partial charge < -0.3 is 5.11 Å². The van der Waals surface area contributed by atoms with E-state index in [1.54, 1.807) is 0 Å². The van der Waals surface area contributed by atoms with Crippen LogP contribution in [0, 0.1) is 0 Å². The fraction of sp³-hybridized carbons (Fsp3) is 0.786. The average molecular weight is 251 g/mol. The highest BCUT2D eigenvalue weighted by atomic mass is 16.3. The lowest BCUT2D eigenvalue weighted by Gasteiger charge is -2.28. The van der Waals surface area contributed by atoms with Crippen molar-refractivity contribution in [2.75, 3.05) is 13.6 Å². The second kappa shape index (κ2) is 5.41. The monoisotopic (exact) mass is 251 g/mol. The Labute approximate surface area is 110 Å². The Morgan fingerprint density at radius 3 is 2.72 bits per heavy atom. The standard InChI is InChI=1S/C14H25N3O/c1-4-13-12(10-17(3)15-13)9-16(2)11-14(18)7-5-6-8-14/h10,18H,4-9,11H2,1-3H3. The summed E-state index contributed by atoms with van der Waals surface area (Å²) in [6.45, 7) is 3.78. The van der Waals surface area contributed by atoms with E-state index < -0.39 is 5.60 Å². The topological polar surface area (TPSA) is 41.3 Å². The van der Waals surface area contributed by atoms with E-state index in [9.17, 15) is 5.11 Å². The SMILES string of the molecule is CCc1nn(C)cc1CN(C)CC1(O)CCCC1. The van der Waals surface area contributed by atoms with Gasteiger partial charge in [-0.3, -0.25) is 9.58 Å². The first-order chi connectivity index (χ1) is 8.52. The van der Waals surface area contributed by atoms with Gasteiger partial charge in [0.1, 0.15) is 0 Å². The van der Waals surface area contributed by atoms with Gasteiger partial charge in [-0.1, -0.05) is 19.8 Å². The van der Waals surface area contributed by atoms with E-state index in [4.69, 9.17) is 0 Å². The second-order valence-corrected chi connectivity index (χ2v) is 5.73. The summed E-state index contributed by atoms with van der Waals surface area (Å²) in [6, 6.07) is 0. The van der Waals surface area contributed by atoms with Crippen LogP contribution in [0.3, 0.4) is 0 Å². The fourth-order valence-electron chi connectivity index (χ4n) is 3.05. The molecule has 0 bridgehead atoms. The Morgan fingerprint density at radius 1 is 1.44 bits per heavy atom. The van der Waals surface area contributed by atoms with Crippen molar-refractivity contribution in [3.63, 3.8) is 0 Å². The molecule has 0 saturated heterocycles. The normalized spacial score (nSPS) is 18.7. The van der Waals surface area contributed by atoms with Crippen molar-refractivity contribution in [2.24, 2.45) is 7.05 Å². The van der Waals surface area contributed by atoms with Gasteiger partial charge in [-0.2, -0.15) is 5.10 Å². The van der Waals surface area contributed by atoms with Crippen molar-refractivity contribution in [3.8, 4) is 0 Å². The molecular formula is C14H25N3O. The number of rotatable bonds is 5. The molecule has 1 heterocycles. The van der Waals surface area contributed by atoms with Gasteiger partial charge in [0.15, 0.2) is 0 Å². The van der Waals surface area contributed by atoms with Crippen LogP contribution in [0.15, 0.2) is 6.20 Å². The number of aliphatic hydroxyl groups is 1. The molecule has 18 heavy (non-hydrogen) atoms. The molecule has 4 heteroatoms. The zero-order valence-corrected chi connectivity index (χ0v) is 11.8. The molecule has 0 aliphatic heterocycles. The maximum absolute atomic E-state index is 10.4. The highest BCUT2D eigenvalue weighted by Gasteiger charge is 2.32. The van der Waals surface area contributed by atoms with Crippen LogP contribution in [-0.2, 0) is 20.0 Å². The molecule has 0 aromatic carbocycles. The zero-order chi connectivity index (χ0) is 13.2. The minimum Gasteiger partial charge on any atom is -0.389 e. The van der Waals surface area contributed by atoms with Crippen molar-refractivity contribution in [1.29, 1.82) is 0 Å². The van der Waals surface area contributed by atoms with Gasteiger partial charge >= 0.3 is 0 Å². The van der Waals surface area contributed by atoms with Gasteiger partial charge in [-0.25, -0.2) is 0 Å². The molecule has 1 aromatic heterocycles. The van der Waals surface area contributed by atoms with Crippen LogP contribution in [0.1, 0.15) is 43.9 Å². The van der Waals surface area contributed by atoms with Crippen LogP contribution in [0.5, 0.6) is 0 Å². The molecule has 1 fully saturated rings. The lowest BCUT2D eigenvalue weighted by Crippen LogP contribution is -2.38. The molecule has 0 amide bonds. The summed E-state index contributed by atoms with van der Waals surface area (Å²) in [5.41, 5.74) is 2.00. The molecule has 1 N–H and O–H groups in total. The molecule has 2 rings (SSSR count). The highest BCUT2D eigenvalue weighted by Crippen LogP contribution is 2.30. The molecule has 0 atom stereocenters. The summed E-state index contributed by atoms with van der Waals surface area (Å²) in [6.07, 6.45) is 7.28. The fourth-order valence-corrected chi connectivity index (χ4v) is 3.05. The van der Waals surface area contributed by atoms with Gasteiger partial charge in [0, 0.05) is 31.9 Å². The molecule has 4 nitrogen and oxygen atoms in total. The van der Waals surface area contributed by atoms with Crippen molar-refractivity contribution in [1.82, 2.24) is 14.7 Å². The van der Waals surface area contributed by atoms with Crippen LogP contribution < -0.4 is 0 Å². The Hall–Kier alpha value is -0.870. The van der Waals surface area contributed by atoms with E-state index in [1.165, 1.54) is 11.3 Å². The molecule has 102 valence electrons. The van der Waals surface area contributed by atoms with Gasteiger partial charge in [0.05, 0.1) is 11.3 Å². The predicted molar refractivity (Wildman–Crippen MR) is 72.3 cm³/mol. The quantitative estimate of drug-likeness (QED) is 0.866.